The molecule has 3 aromatic rings. The summed E-state index contributed by atoms with van der Waals surface area (Å²) in [5, 5.41) is 7.40. The van der Waals surface area contributed by atoms with E-state index in [2.05, 4.69) is 20.4 Å². The van der Waals surface area contributed by atoms with E-state index in [4.69, 9.17) is 4.74 Å². The van der Waals surface area contributed by atoms with Crippen molar-refractivity contribution in [2.75, 3.05) is 11.9 Å². The number of rotatable bonds is 6. The molecule has 1 N–H and O–H groups in total. The number of aryl methyl sites for hydroxylation is 1. The van der Waals surface area contributed by atoms with Crippen LogP contribution in [0.2, 0.25) is 0 Å². The van der Waals surface area contributed by atoms with E-state index in [1.807, 2.05) is 36.4 Å². The number of benzene rings is 1. The van der Waals surface area contributed by atoms with Crippen molar-refractivity contribution in [1.82, 2.24) is 19.7 Å². The first-order valence-electron chi connectivity index (χ1n) is 9.01. The van der Waals surface area contributed by atoms with Crippen molar-refractivity contribution in [3.63, 3.8) is 0 Å². The predicted molar refractivity (Wildman–Crippen MR) is 101 cm³/mol. The number of hydrogen-bond acceptors (Lipinski definition) is 6. The lowest BCUT2D eigenvalue weighted by Gasteiger charge is -2.09. The van der Waals surface area contributed by atoms with Crippen molar-refractivity contribution in [1.29, 1.82) is 0 Å². The van der Waals surface area contributed by atoms with E-state index in [1.165, 1.54) is 12.4 Å². The molecule has 1 amide bonds. The monoisotopic (exact) mass is 377 g/mol. The summed E-state index contributed by atoms with van der Waals surface area (Å²) in [6.45, 7) is 1.34. The maximum atomic E-state index is 12.3. The van der Waals surface area contributed by atoms with Crippen LogP contribution >= 0.6 is 0 Å². The minimum absolute atomic E-state index is 0.0590. The predicted octanol–water partition coefficient (Wildman–Crippen LogP) is 2.64. The highest BCUT2D eigenvalue weighted by atomic mass is 16.5. The Morgan fingerprint density at radius 1 is 1.18 bits per heavy atom. The van der Waals surface area contributed by atoms with Crippen LogP contribution in [0.25, 0.3) is 5.69 Å². The Morgan fingerprint density at radius 3 is 2.64 bits per heavy atom. The van der Waals surface area contributed by atoms with Gasteiger partial charge in [-0.15, -0.1) is 0 Å². The molecule has 8 nitrogen and oxygen atoms in total. The molecule has 0 aliphatic heterocycles. The molecular formula is C20H19N5O3. The number of ether oxygens (including phenoxy) is 1. The lowest BCUT2D eigenvalue weighted by atomic mass is 10.3. The molecule has 4 rings (SSSR count). The first kappa shape index (κ1) is 17.8. The number of nitrogens with one attached hydrogen (secondary N) is 1. The van der Waals surface area contributed by atoms with Gasteiger partial charge in [0, 0.05) is 18.2 Å². The third-order valence-corrected chi connectivity index (χ3v) is 4.32. The molecule has 1 aromatic carbocycles. The van der Waals surface area contributed by atoms with E-state index in [9.17, 15) is 9.59 Å². The van der Waals surface area contributed by atoms with Crippen LogP contribution in [0.15, 0.2) is 48.8 Å². The van der Waals surface area contributed by atoms with Gasteiger partial charge in [-0.25, -0.2) is 14.5 Å². The number of amides is 1. The van der Waals surface area contributed by atoms with Crippen molar-refractivity contribution in [3.05, 3.63) is 65.9 Å². The Balaban J connectivity index is 1.44. The highest BCUT2D eigenvalue weighted by molar-refractivity contribution is 5.94. The molecule has 2 heterocycles. The largest absolute Gasteiger partial charge is 0.451 e. The Labute approximate surface area is 161 Å². The van der Waals surface area contributed by atoms with Crippen LogP contribution in [-0.4, -0.2) is 38.2 Å². The van der Waals surface area contributed by atoms with Crippen LogP contribution in [-0.2, 0) is 9.53 Å². The summed E-state index contributed by atoms with van der Waals surface area (Å²) in [7, 11) is 0. The SMILES string of the molecule is Cc1cnc(C(=O)OCC(=O)Nc2cc(C3CC3)nn2-c2ccccc2)cn1. The maximum Gasteiger partial charge on any atom is 0.359 e. The first-order chi connectivity index (χ1) is 13.6. The second-order valence-corrected chi connectivity index (χ2v) is 6.64. The molecular weight excluding hydrogens is 358 g/mol. The molecule has 2 aromatic heterocycles. The molecule has 0 saturated heterocycles. The van der Waals surface area contributed by atoms with Gasteiger partial charge in [-0.2, -0.15) is 5.10 Å². The first-order valence-corrected chi connectivity index (χ1v) is 9.01. The number of esters is 1. The van der Waals surface area contributed by atoms with Gasteiger partial charge in [0.25, 0.3) is 5.91 Å². The summed E-state index contributed by atoms with van der Waals surface area (Å²) in [5.41, 5.74) is 2.54. The van der Waals surface area contributed by atoms with Crippen molar-refractivity contribution in [3.8, 4) is 5.69 Å². The zero-order chi connectivity index (χ0) is 19.5. The molecule has 0 unspecified atom stereocenters. The molecule has 28 heavy (non-hydrogen) atoms. The Bertz CT molecular complexity index is 994. The number of aromatic nitrogens is 4. The summed E-state index contributed by atoms with van der Waals surface area (Å²) < 4.78 is 6.72. The van der Waals surface area contributed by atoms with Crippen molar-refractivity contribution >= 4 is 17.7 Å². The number of anilines is 1. The van der Waals surface area contributed by atoms with E-state index in [0.717, 1.165) is 24.2 Å². The quantitative estimate of drug-likeness (QED) is 0.663. The Hall–Kier alpha value is -3.55. The minimum Gasteiger partial charge on any atom is -0.451 e. The number of carbonyl (C=O) groups excluding carboxylic acids is 2. The molecule has 1 aliphatic rings. The highest BCUT2D eigenvalue weighted by Crippen LogP contribution is 2.40. The molecule has 1 aliphatic carbocycles. The lowest BCUT2D eigenvalue weighted by molar-refractivity contribution is -0.119. The van der Waals surface area contributed by atoms with Crippen LogP contribution in [0.4, 0.5) is 5.82 Å². The van der Waals surface area contributed by atoms with Gasteiger partial charge >= 0.3 is 5.97 Å². The summed E-state index contributed by atoms with van der Waals surface area (Å²) in [4.78, 5) is 32.2. The Kier molecular flexibility index (Phi) is 4.84. The molecule has 1 fully saturated rings. The molecule has 142 valence electrons. The average molecular weight is 377 g/mol. The van der Waals surface area contributed by atoms with Crippen LogP contribution in [0, 0.1) is 6.92 Å². The molecule has 0 spiro atoms. The van der Waals surface area contributed by atoms with E-state index in [1.54, 1.807) is 11.6 Å². The fraction of sp³-hybridized carbons (Fsp3) is 0.250. The summed E-state index contributed by atoms with van der Waals surface area (Å²) in [6, 6.07) is 11.4. The standard InChI is InChI=1S/C20H19N5O3/c1-13-10-22-17(11-21-13)20(27)28-12-19(26)23-18-9-16(14-7-8-14)24-25(18)15-5-3-2-4-6-15/h2-6,9-11,14H,7-8,12H2,1H3,(H,23,26). The smallest absolute Gasteiger partial charge is 0.359 e. The molecule has 0 radical (unpaired) electrons. The van der Waals surface area contributed by atoms with E-state index < -0.39 is 18.5 Å². The van der Waals surface area contributed by atoms with E-state index in [0.29, 0.717) is 17.4 Å². The third-order valence-electron chi connectivity index (χ3n) is 4.32. The second kappa shape index (κ2) is 7.59. The van der Waals surface area contributed by atoms with Gasteiger partial charge in [-0.1, -0.05) is 18.2 Å². The number of nitrogens with zero attached hydrogens (tertiary/aromatic N) is 4. The van der Waals surface area contributed by atoms with E-state index in [-0.39, 0.29) is 5.69 Å². The van der Waals surface area contributed by atoms with Gasteiger partial charge in [0.2, 0.25) is 0 Å². The number of para-hydroxylation sites is 1. The molecule has 8 heteroatoms. The fourth-order valence-corrected chi connectivity index (χ4v) is 2.72. The van der Waals surface area contributed by atoms with Gasteiger partial charge in [-0.05, 0) is 31.9 Å². The normalized spacial score (nSPS) is 13.2. The average Bonchev–Trinajstić information content (AvgIpc) is 3.48. The number of hydrogen-bond donors (Lipinski definition) is 1. The molecule has 1 saturated carbocycles. The van der Waals surface area contributed by atoms with Gasteiger partial charge in [-0.3, -0.25) is 9.78 Å². The summed E-state index contributed by atoms with van der Waals surface area (Å²) in [5.74, 6) is -0.159. The fourth-order valence-electron chi connectivity index (χ4n) is 2.72. The van der Waals surface area contributed by atoms with Crippen LogP contribution in [0.1, 0.15) is 40.6 Å². The van der Waals surface area contributed by atoms with Crippen LogP contribution < -0.4 is 5.32 Å². The second-order valence-electron chi connectivity index (χ2n) is 6.64. The zero-order valence-electron chi connectivity index (χ0n) is 15.3. The van der Waals surface area contributed by atoms with Crippen molar-refractivity contribution < 1.29 is 14.3 Å². The van der Waals surface area contributed by atoms with Gasteiger partial charge in [0.05, 0.1) is 23.3 Å². The Morgan fingerprint density at radius 2 is 1.96 bits per heavy atom. The van der Waals surface area contributed by atoms with Gasteiger partial charge in [0.1, 0.15) is 5.82 Å². The van der Waals surface area contributed by atoms with Crippen molar-refractivity contribution in [2.45, 2.75) is 25.7 Å². The minimum atomic E-state index is -0.696. The summed E-state index contributed by atoms with van der Waals surface area (Å²) in [6.07, 6.45) is 5.00. The summed E-state index contributed by atoms with van der Waals surface area (Å²) >= 11 is 0. The lowest BCUT2D eigenvalue weighted by Crippen LogP contribution is -2.22. The molecule has 0 bridgehead atoms. The topological polar surface area (TPSA) is 99.0 Å². The van der Waals surface area contributed by atoms with E-state index >= 15 is 0 Å². The molecule has 0 atom stereocenters. The maximum absolute atomic E-state index is 12.3. The highest BCUT2D eigenvalue weighted by Gasteiger charge is 2.28. The van der Waals surface area contributed by atoms with Crippen LogP contribution in [0.5, 0.6) is 0 Å². The van der Waals surface area contributed by atoms with Crippen molar-refractivity contribution in [2.24, 2.45) is 0 Å². The number of carbonyl (C=O) groups is 2. The van der Waals surface area contributed by atoms with Crippen LogP contribution in [0.3, 0.4) is 0 Å². The third kappa shape index (κ3) is 4.06. The van der Waals surface area contributed by atoms with Gasteiger partial charge in [0.15, 0.2) is 12.3 Å². The zero-order valence-corrected chi connectivity index (χ0v) is 15.3. The van der Waals surface area contributed by atoms with Gasteiger partial charge < -0.3 is 10.1 Å².